The van der Waals surface area contributed by atoms with E-state index in [9.17, 15) is 0 Å². The van der Waals surface area contributed by atoms with Crippen molar-refractivity contribution in [3.8, 4) is 5.69 Å². The summed E-state index contributed by atoms with van der Waals surface area (Å²) in [7, 11) is 0. The van der Waals surface area contributed by atoms with Crippen LogP contribution in [0.2, 0.25) is 0 Å². The zero-order valence-electron chi connectivity index (χ0n) is 23.0. The molecule has 1 N–H and O–H groups in total. The van der Waals surface area contributed by atoms with Crippen LogP contribution in [0.4, 0.5) is 11.4 Å². The lowest BCUT2D eigenvalue weighted by molar-refractivity contribution is 0.122. The van der Waals surface area contributed by atoms with E-state index in [-0.39, 0.29) is 12.1 Å². The second-order valence-corrected chi connectivity index (χ2v) is 10.9. The van der Waals surface area contributed by atoms with Crippen molar-refractivity contribution in [2.75, 3.05) is 36.1 Å². The van der Waals surface area contributed by atoms with Crippen molar-refractivity contribution in [3.63, 3.8) is 0 Å². The fraction of sp³-hybridized carbons (Fsp3) is 0.312. The van der Waals surface area contributed by atoms with Gasteiger partial charge in [0.25, 0.3) is 0 Å². The van der Waals surface area contributed by atoms with E-state index in [4.69, 9.17) is 21.9 Å². The van der Waals surface area contributed by atoms with E-state index in [1.54, 1.807) is 0 Å². The van der Waals surface area contributed by atoms with Crippen LogP contribution in [0.3, 0.4) is 0 Å². The van der Waals surface area contributed by atoms with Crippen molar-refractivity contribution in [1.29, 1.82) is 0 Å². The van der Waals surface area contributed by atoms with Crippen LogP contribution >= 0.6 is 12.2 Å². The number of anilines is 2. The fourth-order valence-corrected chi connectivity index (χ4v) is 6.38. The predicted octanol–water partition coefficient (Wildman–Crippen LogP) is 6.12. The number of hydrogen-bond donors (Lipinski definition) is 1. The molecule has 39 heavy (non-hydrogen) atoms. The summed E-state index contributed by atoms with van der Waals surface area (Å²) in [4.78, 5) is 9.39. The number of thiocarbonyl (C=S) groups is 1. The zero-order valence-corrected chi connectivity index (χ0v) is 23.8. The van der Waals surface area contributed by atoms with Crippen molar-refractivity contribution in [2.45, 2.75) is 39.8 Å². The lowest BCUT2D eigenvalue weighted by Crippen LogP contribution is -2.36. The standard InChI is InChI=1S/C32H35N5OS/c1-21-8-7-10-29(23(21)3)36-22(2)20-27(24(36)4)31-30(28-9-5-6-15-33-28)34-32(39)37(31)26-13-11-25(12-14-26)35-16-18-38-19-17-35/h5-15,20,30-31H,16-19H2,1-4H3,(H,34,39)/t30-,31-/m0/s1. The molecule has 6 nitrogen and oxygen atoms in total. The molecule has 200 valence electrons. The molecule has 4 heterocycles. The smallest absolute Gasteiger partial charge is 0.174 e. The predicted molar refractivity (Wildman–Crippen MR) is 162 cm³/mol. The fourth-order valence-electron chi connectivity index (χ4n) is 6.03. The summed E-state index contributed by atoms with van der Waals surface area (Å²) in [6, 6.07) is 23.6. The number of aromatic nitrogens is 2. The van der Waals surface area contributed by atoms with Crippen LogP contribution in [0.25, 0.3) is 5.69 Å². The van der Waals surface area contributed by atoms with Gasteiger partial charge in [-0.05, 0) is 105 Å². The van der Waals surface area contributed by atoms with Crippen molar-refractivity contribution in [2.24, 2.45) is 0 Å². The van der Waals surface area contributed by atoms with E-state index in [0.29, 0.717) is 5.11 Å². The molecule has 2 aromatic carbocycles. The molecular formula is C32H35N5OS. The molecule has 0 unspecified atom stereocenters. The van der Waals surface area contributed by atoms with Gasteiger partial charge in [-0.25, -0.2) is 0 Å². The minimum Gasteiger partial charge on any atom is -0.378 e. The maximum atomic E-state index is 6.00. The maximum absolute atomic E-state index is 6.00. The highest BCUT2D eigenvalue weighted by Gasteiger charge is 2.42. The van der Waals surface area contributed by atoms with Gasteiger partial charge in [0.05, 0.1) is 31.0 Å². The Balaban J connectivity index is 1.45. The second-order valence-electron chi connectivity index (χ2n) is 10.5. The molecule has 7 heteroatoms. The lowest BCUT2D eigenvalue weighted by Gasteiger charge is -2.31. The van der Waals surface area contributed by atoms with Gasteiger partial charge in [-0.15, -0.1) is 0 Å². The number of benzene rings is 2. The number of ether oxygens (including phenoxy) is 1. The van der Waals surface area contributed by atoms with Gasteiger partial charge in [0.15, 0.2) is 5.11 Å². The summed E-state index contributed by atoms with van der Waals surface area (Å²) in [6.07, 6.45) is 1.86. The molecule has 0 aliphatic carbocycles. The summed E-state index contributed by atoms with van der Waals surface area (Å²) in [5, 5.41) is 4.33. The van der Waals surface area contributed by atoms with Crippen LogP contribution in [-0.2, 0) is 4.74 Å². The zero-order chi connectivity index (χ0) is 27.1. The van der Waals surface area contributed by atoms with Gasteiger partial charge in [0, 0.05) is 47.7 Å². The van der Waals surface area contributed by atoms with E-state index >= 15 is 0 Å². The van der Waals surface area contributed by atoms with E-state index in [0.717, 1.165) is 37.7 Å². The van der Waals surface area contributed by atoms with Gasteiger partial charge in [0.1, 0.15) is 0 Å². The molecule has 0 saturated carbocycles. The Hall–Kier alpha value is -3.68. The normalized spacial score (nSPS) is 19.4. The number of nitrogens with one attached hydrogen (secondary N) is 1. The monoisotopic (exact) mass is 537 g/mol. The number of rotatable bonds is 5. The van der Waals surface area contributed by atoms with Crippen LogP contribution in [-0.4, -0.2) is 41.0 Å². The van der Waals surface area contributed by atoms with Crippen molar-refractivity contribution in [1.82, 2.24) is 14.9 Å². The summed E-state index contributed by atoms with van der Waals surface area (Å²) in [6.45, 7) is 12.2. The summed E-state index contributed by atoms with van der Waals surface area (Å²) < 4.78 is 7.93. The lowest BCUT2D eigenvalue weighted by atomic mass is 9.96. The van der Waals surface area contributed by atoms with E-state index in [2.05, 4.69) is 102 Å². The number of nitrogens with zero attached hydrogens (tertiary/aromatic N) is 4. The van der Waals surface area contributed by atoms with E-state index < -0.39 is 0 Å². The van der Waals surface area contributed by atoms with E-state index in [1.807, 2.05) is 18.3 Å². The molecule has 2 atom stereocenters. The van der Waals surface area contributed by atoms with Gasteiger partial charge >= 0.3 is 0 Å². The molecule has 4 aromatic rings. The topological polar surface area (TPSA) is 45.6 Å². The largest absolute Gasteiger partial charge is 0.378 e. The highest BCUT2D eigenvalue weighted by molar-refractivity contribution is 7.80. The van der Waals surface area contributed by atoms with Gasteiger partial charge in [-0.2, -0.15) is 0 Å². The Morgan fingerprint density at radius 3 is 2.36 bits per heavy atom. The number of pyridine rings is 1. The number of hydrogen-bond acceptors (Lipinski definition) is 4. The first-order valence-electron chi connectivity index (χ1n) is 13.6. The highest BCUT2D eigenvalue weighted by atomic mass is 32.1. The highest BCUT2D eigenvalue weighted by Crippen LogP contribution is 2.44. The Bertz CT molecular complexity index is 1490. The summed E-state index contributed by atoms with van der Waals surface area (Å²) >= 11 is 6.00. The van der Waals surface area contributed by atoms with Gasteiger partial charge in [0.2, 0.25) is 0 Å². The van der Waals surface area contributed by atoms with Crippen molar-refractivity contribution < 1.29 is 4.74 Å². The third kappa shape index (κ3) is 4.60. The summed E-state index contributed by atoms with van der Waals surface area (Å²) in [5.74, 6) is 0. The van der Waals surface area contributed by atoms with Crippen LogP contribution in [0.1, 0.15) is 45.9 Å². The summed E-state index contributed by atoms with van der Waals surface area (Å²) in [5.41, 5.74) is 10.7. The minimum absolute atomic E-state index is 0.0494. The average Bonchev–Trinajstić information content (AvgIpc) is 3.46. The van der Waals surface area contributed by atoms with Crippen LogP contribution in [0.15, 0.2) is 72.9 Å². The number of aryl methyl sites for hydroxylation is 2. The molecule has 2 fully saturated rings. The molecule has 2 aliphatic rings. The second kappa shape index (κ2) is 10.5. The Morgan fingerprint density at radius 1 is 0.897 bits per heavy atom. The molecule has 0 bridgehead atoms. The molecule has 2 saturated heterocycles. The van der Waals surface area contributed by atoms with Crippen LogP contribution < -0.4 is 15.1 Å². The first-order valence-corrected chi connectivity index (χ1v) is 14.0. The first-order chi connectivity index (χ1) is 18.9. The SMILES string of the molecule is Cc1cccc(-n2c(C)cc([C@H]3[C@H](c4ccccn4)NC(=S)N3c3ccc(N4CCOCC4)cc3)c2C)c1C. The molecule has 6 rings (SSSR count). The van der Waals surface area contributed by atoms with Gasteiger partial charge < -0.3 is 24.4 Å². The molecular weight excluding hydrogens is 502 g/mol. The van der Waals surface area contributed by atoms with Crippen LogP contribution in [0.5, 0.6) is 0 Å². The number of morpholine rings is 1. The third-order valence-electron chi connectivity index (χ3n) is 8.21. The first kappa shape index (κ1) is 25.6. The Kier molecular flexibility index (Phi) is 6.87. The molecule has 2 aliphatic heterocycles. The molecule has 0 radical (unpaired) electrons. The van der Waals surface area contributed by atoms with Crippen LogP contribution in [0, 0.1) is 27.7 Å². The van der Waals surface area contributed by atoms with Crippen molar-refractivity contribution in [3.05, 3.63) is 107 Å². The molecule has 0 spiro atoms. The van der Waals surface area contributed by atoms with Gasteiger partial charge in [-0.1, -0.05) is 18.2 Å². The van der Waals surface area contributed by atoms with Crippen molar-refractivity contribution >= 4 is 28.7 Å². The average molecular weight is 538 g/mol. The Morgan fingerprint density at radius 2 is 1.64 bits per heavy atom. The quantitative estimate of drug-likeness (QED) is 0.310. The third-order valence-corrected chi connectivity index (χ3v) is 8.52. The minimum atomic E-state index is -0.0785. The van der Waals surface area contributed by atoms with E-state index in [1.165, 1.54) is 39.5 Å². The Labute approximate surface area is 236 Å². The van der Waals surface area contributed by atoms with Gasteiger partial charge in [-0.3, -0.25) is 4.98 Å². The molecule has 2 aromatic heterocycles. The maximum Gasteiger partial charge on any atom is 0.174 e. The molecule has 0 amide bonds.